The topological polar surface area (TPSA) is 97.8 Å². The fourth-order valence-corrected chi connectivity index (χ4v) is 5.10. The minimum absolute atomic E-state index is 0.00682. The second-order valence-corrected chi connectivity index (χ2v) is 9.77. The number of methoxy groups -OCH3 is 3. The number of hydrogen-bond donors (Lipinski definition) is 1. The monoisotopic (exact) mass is 473 g/mol. The van der Waals surface area contributed by atoms with Crippen LogP contribution in [0.15, 0.2) is 59.1 Å². The summed E-state index contributed by atoms with van der Waals surface area (Å²) in [7, 11) is 4.61. The summed E-state index contributed by atoms with van der Waals surface area (Å²) < 4.78 is 16.6. The van der Waals surface area contributed by atoms with Crippen LogP contribution in [0, 0.1) is 23.7 Å². The highest BCUT2D eigenvalue weighted by Gasteiger charge is 2.45. The molecule has 0 radical (unpaired) electrons. The number of ketones is 1. The van der Waals surface area contributed by atoms with E-state index in [0.717, 1.165) is 16.9 Å². The van der Waals surface area contributed by atoms with Crippen molar-refractivity contribution in [3.63, 3.8) is 0 Å². The lowest BCUT2D eigenvalue weighted by Gasteiger charge is -2.43. The summed E-state index contributed by atoms with van der Waals surface area (Å²) in [6.07, 6.45) is 1.02. The van der Waals surface area contributed by atoms with Crippen molar-refractivity contribution in [2.45, 2.75) is 39.5 Å². The van der Waals surface area contributed by atoms with Gasteiger partial charge in [-0.1, -0.05) is 31.5 Å². The number of benzene rings is 2. The molecule has 1 heterocycles. The third-order valence-corrected chi connectivity index (χ3v) is 6.69. The molecule has 0 spiro atoms. The second-order valence-electron chi connectivity index (χ2n) is 9.77. The molecule has 0 amide bonds. The average Bonchev–Trinajstić information content (AvgIpc) is 2.82. The number of carbonyl (C=O) groups excluding carboxylic acids is 1. The Morgan fingerprint density at radius 1 is 1.03 bits per heavy atom. The number of nitrogens with zero attached hydrogens (tertiary/aromatic N) is 2. The van der Waals surface area contributed by atoms with E-state index < -0.39 is 5.92 Å². The van der Waals surface area contributed by atoms with Crippen molar-refractivity contribution in [1.29, 1.82) is 5.26 Å². The summed E-state index contributed by atoms with van der Waals surface area (Å²) in [5, 5.41) is 10.3. The first-order valence-electron chi connectivity index (χ1n) is 11.5. The number of nitriles is 1. The molecule has 2 aliphatic rings. The zero-order valence-corrected chi connectivity index (χ0v) is 21.1. The molecule has 2 N–H and O–H groups in total. The first-order valence-corrected chi connectivity index (χ1v) is 11.5. The van der Waals surface area contributed by atoms with Crippen LogP contribution in [0.1, 0.15) is 43.7 Å². The number of ether oxygens (including phenoxy) is 3. The smallest absolute Gasteiger partial charge is 0.203 e. The first-order chi connectivity index (χ1) is 16.6. The highest BCUT2D eigenvalue weighted by molar-refractivity contribution is 6.01. The maximum absolute atomic E-state index is 13.7. The maximum Gasteiger partial charge on any atom is 0.203 e. The Kier molecular flexibility index (Phi) is 6.25. The summed E-state index contributed by atoms with van der Waals surface area (Å²) >= 11 is 0. The molecule has 2 aromatic carbocycles. The summed E-state index contributed by atoms with van der Waals surface area (Å²) in [6.45, 7) is 6.17. The number of aryl methyl sites for hydroxylation is 1. The Morgan fingerprint density at radius 2 is 1.63 bits per heavy atom. The molecule has 1 atom stereocenters. The van der Waals surface area contributed by atoms with Crippen molar-refractivity contribution in [1.82, 2.24) is 0 Å². The van der Waals surface area contributed by atoms with E-state index in [2.05, 4.69) is 19.9 Å². The number of rotatable bonds is 5. The molecule has 182 valence electrons. The fraction of sp³-hybridized carbons (Fsp3) is 0.357. The van der Waals surface area contributed by atoms with Gasteiger partial charge in [-0.3, -0.25) is 9.69 Å². The second kappa shape index (κ2) is 9.03. The molecule has 0 aromatic heterocycles. The van der Waals surface area contributed by atoms with Gasteiger partial charge in [-0.25, -0.2) is 0 Å². The van der Waals surface area contributed by atoms with Gasteiger partial charge in [0.1, 0.15) is 5.82 Å². The normalized spacial score (nSPS) is 19.3. The van der Waals surface area contributed by atoms with Crippen LogP contribution in [0.3, 0.4) is 0 Å². The zero-order chi connectivity index (χ0) is 25.5. The molecule has 0 unspecified atom stereocenters. The minimum atomic E-state index is -0.644. The molecular formula is C28H31N3O4. The van der Waals surface area contributed by atoms with E-state index >= 15 is 0 Å². The van der Waals surface area contributed by atoms with Crippen molar-refractivity contribution < 1.29 is 19.0 Å². The number of nitrogens with two attached hydrogens (primary N) is 1. The average molecular weight is 474 g/mol. The van der Waals surface area contributed by atoms with Crippen LogP contribution in [0.4, 0.5) is 5.69 Å². The van der Waals surface area contributed by atoms with E-state index in [1.54, 1.807) is 12.1 Å². The molecular weight excluding hydrogens is 442 g/mol. The van der Waals surface area contributed by atoms with Crippen molar-refractivity contribution in [3.05, 3.63) is 70.2 Å². The SMILES string of the molecule is COc1cc([C@H]2C(C#N)=C(N)N(c3ccc(C)cc3)C3=C2C(=O)CC(C)(C)C3)cc(OC)c1OC. The van der Waals surface area contributed by atoms with Crippen LogP contribution in [0.5, 0.6) is 17.2 Å². The summed E-state index contributed by atoms with van der Waals surface area (Å²) in [5.74, 6) is 1.02. The Balaban J connectivity index is 2.02. The Morgan fingerprint density at radius 3 is 2.14 bits per heavy atom. The Bertz CT molecular complexity index is 1260. The van der Waals surface area contributed by atoms with Crippen LogP contribution in [-0.2, 0) is 4.79 Å². The van der Waals surface area contributed by atoms with Crippen LogP contribution >= 0.6 is 0 Å². The third kappa shape index (κ3) is 4.10. The number of anilines is 1. The molecule has 7 nitrogen and oxygen atoms in total. The molecule has 1 aliphatic heterocycles. The van der Waals surface area contributed by atoms with E-state index in [1.807, 2.05) is 36.1 Å². The molecule has 4 rings (SSSR count). The molecule has 0 saturated carbocycles. The van der Waals surface area contributed by atoms with Gasteiger partial charge in [0.05, 0.1) is 38.9 Å². The van der Waals surface area contributed by atoms with E-state index in [-0.39, 0.29) is 11.2 Å². The van der Waals surface area contributed by atoms with Crippen molar-refractivity contribution in [2.75, 3.05) is 26.2 Å². The van der Waals surface area contributed by atoms with Gasteiger partial charge in [0, 0.05) is 23.4 Å². The van der Waals surface area contributed by atoms with Crippen molar-refractivity contribution >= 4 is 11.5 Å². The minimum Gasteiger partial charge on any atom is -0.493 e. The van der Waals surface area contributed by atoms with Crippen molar-refractivity contribution in [3.8, 4) is 23.3 Å². The van der Waals surface area contributed by atoms with E-state index in [1.165, 1.54) is 21.3 Å². The summed E-state index contributed by atoms with van der Waals surface area (Å²) in [6, 6.07) is 13.8. The summed E-state index contributed by atoms with van der Waals surface area (Å²) in [5.41, 5.74) is 10.8. The largest absolute Gasteiger partial charge is 0.493 e. The molecule has 7 heteroatoms. The quantitative estimate of drug-likeness (QED) is 0.655. The molecule has 0 saturated heterocycles. The highest BCUT2D eigenvalue weighted by atomic mass is 16.5. The summed E-state index contributed by atoms with van der Waals surface area (Å²) in [4.78, 5) is 15.6. The highest BCUT2D eigenvalue weighted by Crippen LogP contribution is 2.52. The number of carbonyl (C=O) groups is 1. The van der Waals surface area contributed by atoms with Crippen LogP contribution in [0.25, 0.3) is 0 Å². The standard InChI is InChI=1S/C28H31N3O4/c1-16-7-9-18(10-8-16)31-20-13-28(2,3)14-21(32)25(20)24(19(15-29)27(31)30)17-11-22(33-4)26(35-6)23(12-17)34-5/h7-12,24H,13-14,30H2,1-6H3/t24-/m0/s1. The van der Waals surface area contributed by atoms with E-state index in [9.17, 15) is 10.1 Å². The van der Waals surface area contributed by atoms with Gasteiger partial charge in [-0.05, 0) is 48.6 Å². The van der Waals surface area contributed by atoms with Gasteiger partial charge in [0.25, 0.3) is 0 Å². The number of Topliss-reactive ketones (excluding diaryl/α,β-unsaturated/α-hetero) is 1. The van der Waals surface area contributed by atoms with Gasteiger partial charge in [-0.2, -0.15) is 5.26 Å². The van der Waals surface area contributed by atoms with Crippen LogP contribution in [-0.4, -0.2) is 27.1 Å². The zero-order valence-electron chi connectivity index (χ0n) is 21.1. The van der Waals surface area contributed by atoms with Crippen LogP contribution < -0.4 is 24.8 Å². The molecule has 0 fully saturated rings. The van der Waals surface area contributed by atoms with Gasteiger partial charge >= 0.3 is 0 Å². The maximum atomic E-state index is 13.7. The fourth-order valence-electron chi connectivity index (χ4n) is 5.10. The van der Waals surface area contributed by atoms with E-state index in [4.69, 9.17) is 19.9 Å². The lowest BCUT2D eigenvalue weighted by molar-refractivity contribution is -0.118. The predicted octanol–water partition coefficient (Wildman–Crippen LogP) is 4.96. The van der Waals surface area contributed by atoms with Crippen molar-refractivity contribution in [2.24, 2.45) is 11.1 Å². The lowest BCUT2D eigenvalue weighted by atomic mass is 9.68. The molecule has 0 bridgehead atoms. The Hall–Kier alpha value is -3.92. The number of hydrogen-bond acceptors (Lipinski definition) is 7. The van der Waals surface area contributed by atoms with Gasteiger partial charge in [0.2, 0.25) is 5.75 Å². The molecule has 1 aliphatic carbocycles. The Labute approximate surface area is 206 Å². The van der Waals surface area contributed by atoms with Gasteiger partial charge < -0.3 is 19.9 Å². The molecule has 35 heavy (non-hydrogen) atoms. The van der Waals surface area contributed by atoms with Crippen LogP contribution in [0.2, 0.25) is 0 Å². The van der Waals surface area contributed by atoms with E-state index in [0.29, 0.717) is 52.6 Å². The lowest BCUT2D eigenvalue weighted by Crippen LogP contribution is -2.42. The predicted molar refractivity (Wildman–Crippen MR) is 134 cm³/mol. The van der Waals surface area contributed by atoms with Gasteiger partial charge in [-0.15, -0.1) is 0 Å². The number of allylic oxidation sites excluding steroid dienone is 3. The van der Waals surface area contributed by atoms with Gasteiger partial charge in [0.15, 0.2) is 17.3 Å². The first kappa shape index (κ1) is 24.2. The third-order valence-electron chi connectivity index (χ3n) is 6.69. The molecule has 2 aromatic rings.